The van der Waals surface area contributed by atoms with E-state index >= 15 is 0 Å². The van der Waals surface area contributed by atoms with Gasteiger partial charge in [-0.25, -0.2) is 4.39 Å². The van der Waals surface area contributed by atoms with E-state index in [0.717, 1.165) is 17.1 Å². The number of benzene rings is 1. The standard InChI is InChI=1S/C11H12ClFOS/c12-10-2-1-9(13)4-7(10)3-8-5-15-6-11(8)14/h1-2,4,8,11,14H,3,5-6H2. The lowest BCUT2D eigenvalue weighted by Gasteiger charge is -2.14. The van der Waals surface area contributed by atoms with Crippen LogP contribution in [0.2, 0.25) is 5.02 Å². The van der Waals surface area contributed by atoms with Crippen molar-refractivity contribution >= 4 is 23.4 Å². The molecule has 0 amide bonds. The van der Waals surface area contributed by atoms with Crippen LogP contribution >= 0.6 is 23.4 Å². The second-order valence-corrected chi connectivity index (χ2v) is 5.29. The number of halogens is 2. The number of rotatable bonds is 2. The normalized spacial score (nSPS) is 25.8. The van der Waals surface area contributed by atoms with Gasteiger partial charge in [0.1, 0.15) is 5.82 Å². The van der Waals surface area contributed by atoms with Crippen molar-refractivity contribution in [3.8, 4) is 0 Å². The van der Waals surface area contributed by atoms with Gasteiger partial charge in [0.25, 0.3) is 0 Å². The topological polar surface area (TPSA) is 20.2 Å². The van der Waals surface area contributed by atoms with E-state index in [1.807, 2.05) is 0 Å². The van der Waals surface area contributed by atoms with Crippen LogP contribution in [0.25, 0.3) is 0 Å². The Bertz CT molecular complexity index is 358. The lowest BCUT2D eigenvalue weighted by molar-refractivity contribution is 0.150. The molecule has 2 atom stereocenters. The predicted molar refractivity (Wildman–Crippen MR) is 61.9 cm³/mol. The monoisotopic (exact) mass is 246 g/mol. The molecule has 82 valence electrons. The summed E-state index contributed by atoms with van der Waals surface area (Å²) >= 11 is 7.70. The van der Waals surface area contributed by atoms with E-state index in [1.165, 1.54) is 12.1 Å². The highest BCUT2D eigenvalue weighted by Gasteiger charge is 2.26. The number of hydrogen-bond donors (Lipinski definition) is 1. The van der Waals surface area contributed by atoms with Gasteiger partial charge >= 0.3 is 0 Å². The molecule has 1 fully saturated rings. The number of thioether (sulfide) groups is 1. The molecule has 0 saturated carbocycles. The summed E-state index contributed by atoms with van der Waals surface area (Å²) < 4.78 is 13.0. The Morgan fingerprint density at radius 2 is 2.27 bits per heavy atom. The van der Waals surface area contributed by atoms with Crippen LogP contribution in [0, 0.1) is 11.7 Å². The van der Waals surface area contributed by atoms with Crippen molar-refractivity contribution in [2.45, 2.75) is 12.5 Å². The molecule has 0 bridgehead atoms. The average Bonchev–Trinajstić information content (AvgIpc) is 2.58. The molecule has 1 aromatic carbocycles. The number of aliphatic hydroxyl groups is 1. The van der Waals surface area contributed by atoms with Crippen molar-refractivity contribution in [1.29, 1.82) is 0 Å². The number of hydrogen-bond acceptors (Lipinski definition) is 2. The van der Waals surface area contributed by atoms with Gasteiger partial charge in [-0.1, -0.05) is 11.6 Å². The van der Waals surface area contributed by atoms with Gasteiger partial charge in [0.15, 0.2) is 0 Å². The maximum Gasteiger partial charge on any atom is 0.123 e. The third kappa shape index (κ3) is 2.65. The first-order valence-electron chi connectivity index (χ1n) is 4.86. The van der Waals surface area contributed by atoms with E-state index in [1.54, 1.807) is 17.8 Å². The molecule has 1 nitrogen and oxygen atoms in total. The minimum Gasteiger partial charge on any atom is -0.392 e. The van der Waals surface area contributed by atoms with E-state index < -0.39 is 0 Å². The van der Waals surface area contributed by atoms with E-state index in [4.69, 9.17) is 11.6 Å². The van der Waals surface area contributed by atoms with Crippen molar-refractivity contribution in [3.05, 3.63) is 34.6 Å². The van der Waals surface area contributed by atoms with Gasteiger partial charge in [-0.2, -0.15) is 11.8 Å². The van der Waals surface area contributed by atoms with Crippen LogP contribution < -0.4 is 0 Å². The van der Waals surface area contributed by atoms with Crippen LogP contribution in [-0.2, 0) is 6.42 Å². The van der Waals surface area contributed by atoms with Gasteiger partial charge in [-0.15, -0.1) is 0 Å². The first kappa shape index (κ1) is 11.2. The van der Waals surface area contributed by atoms with Crippen LogP contribution in [0.5, 0.6) is 0 Å². The van der Waals surface area contributed by atoms with E-state index in [9.17, 15) is 9.50 Å². The van der Waals surface area contributed by atoms with E-state index in [-0.39, 0.29) is 17.8 Å². The fourth-order valence-corrected chi connectivity index (χ4v) is 3.25. The second kappa shape index (κ2) is 4.73. The smallest absolute Gasteiger partial charge is 0.123 e. The lowest BCUT2D eigenvalue weighted by Crippen LogP contribution is -2.20. The van der Waals surface area contributed by atoms with E-state index in [0.29, 0.717) is 11.4 Å². The van der Waals surface area contributed by atoms with Crippen LogP contribution in [0.1, 0.15) is 5.56 Å². The van der Waals surface area contributed by atoms with Gasteiger partial charge in [0.05, 0.1) is 6.10 Å². The molecule has 1 heterocycles. The third-order valence-electron chi connectivity index (χ3n) is 2.65. The summed E-state index contributed by atoms with van der Waals surface area (Å²) in [4.78, 5) is 0. The first-order chi connectivity index (χ1) is 7.16. The van der Waals surface area contributed by atoms with Crippen molar-refractivity contribution in [2.24, 2.45) is 5.92 Å². The molecule has 0 aromatic heterocycles. The molecule has 0 spiro atoms. The Labute approximate surface area is 97.6 Å². The largest absolute Gasteiger partial charge is 0.392 e. The molecule has 1 N–H and O–H groups in total. The van der Waals surface area contributed by atoms with Crippen molar-refractivity contribution in [1.82, 2.24) is 0 Å². The molecule has 4 heteroatoms. The van der Waals surface area contributed by atoms with E-state index in [2.05, 4.69) is 0 Å². The Morgan fingerprint density at radius 3 is 2.93 bits per heavy atom. The van der Waals surface area contributed by atoms with Gasteiger partial charge in [-0.3, -0.25) is 0 Å². The van der Waals surface area contributed by atoms with Crippen molar-refractivity contribution in [2.75, 3.05) is 11.5 Å². The molecular formula is C11H12ClFOS. The zero-order valence-corrected chi connectivity index (χ0v) is 9.69. The van der Waals surface area contributed by atoms with Gasteiger partial charge < -0.3 is 5.11 Å². The molecule has 0 radical (unpaired) electrons. The lowest BCUT2D eigenvalue weighted by atomic mass is 9.97. The fourth-order valence-electron chi connectivity index (χ4n) is 1.76. The highest BCUT2D eigenvalue weighted by molar-refractivity contribution is 7.99. The Morgan fingerprint density at radius 1 is 1.47 bits per heavy atom. The fraction of sp³-hybridized carbons (Fsp3) is 0.455. The zero-order valence-electron chi connectivity index (χ0n) is 8.12. The van der Waals surface area contributed by atoms with Gasteiger partial charge in [0, 0.05) is 10.8 Å². The SMILES string of the molecule is OC1CSCC1Cc1cc(F)ccc1Cl. The van der Waals surface area contributed by atoms with Crippen LogP contribution in [0.3, 0.4) is 0 Å². The Hall–Kier alpha value is -0.250. The molecule has 2 unspecified atom stereocenters. The quantitative estimate of drug-likeness (QED) is 0.866. The second-order valence-electron chi connectivity index (χ2n) is 3.80. The average molecular weight is 247 g/mol. The highest BCUT2D eigenvalue weighted by atomic mass is 35.5. The number of aliphatic hydroxyl groups excluding tert-OH is 1. The first-order valence-corrected chi connectivity index (χ1v) is 6.40. The molecule has 15 heavy (non-hydrogen) atoms. The predicted octanol–water partition coefficient (Wildman–Crippen LogP) is 2.75. The maximum absolute atomic E-state index is 13.0. The summed E-state index contributed by atoms with van der Waals surface area (Å²) in [6, 6.07) is 4.38. The molecule has 1 aliphatic heterocycles. The summed E-state index contributed by atoms with van der Waals surface area (Å²) in [5.74, 6) is 1.63. The molecule has 1 saturated heterocycles. The third-order valence-corrected chi connectivity index (χ3v) is 4.26. The molecule has 1 aliphatic rings. The Kier molecular flexibility index (Phi) is 3.54. The molecular weight excluding hydrogens is 235 g/mol. The Balaban J connectivity index is 2.12. The van der Waals surface area contributed by atoms with Crippen LogP contribution in [0.4, 0.5) is 4.39 Å². The molecule has 0 aliphatic carbocycles. The van der Waals surface area contributed by atoms with Gasteiger partial charge in [-0.05, 0) is 41.9 Å². The van der Waals surface area contributed by atoms with Crippen molar-refractivity contribution in [3.63, 3.8) is 0 Å². The summed E-state index contributed by atoms with van der Waals surface area (Å²) in [6.07, 6.45) is 0.374. The molecule has 1 aromatic rings. The van der Waals surface area contributed by atoms with Crippen LogP contribution in [-0.4, -0.2) is 22.7 Å². The summed E-state index contributed by atoms with van der Waals surface area (Å²) in [6.45, 7) is 0. The van der Waals surface area contributed by atoms with Crippen molar-refractivity contribution < 1.29 is 9.50 Å². The highest BCUT2D eigenvalue weighted by Crippen LogP contribution is 2.29. The minimum atomic E-state index is -0.283. The van der Waals surface area contributed by atoms with Gasteiger partial charge in [0.2, 0.25) is 0 Å². The van der Waals surface area contributed by atoms with Crippen LogP contribution in [0.15, 0.2) is 18.2 Å². The summed E-state index contributed by atoms with van der Waals surface area (Å²) in [5.41, 5.74) is 0.795. The summed E-state index contributed by atoms with van der Waals surface area (Å²) in [5, 5.41) is 10.2. The zero-order chi connectivity index (χ0) is 10.8. The molecule has 2 rings (SSSR count). The minimum absolute atomic E-state index is 0.203. The summed E-state index contributed by atoms with van der Waals surface area (Å²) in [7, 11) is 0. The maximum atomic E-state index is 13.0.